The molecule has 3 nitrogen and oxygen atoms in total. The van der Waals surface area contributed by atoms with Crippen LogP contribution in [0.3, 0.4) is 0 Å². The SMILES string of the molecule is CCOCCCS(=O)(=O)F. The van der Waals surface area contributed by atoms with E-state index >= 15 is 0 Å². The molecule has 0 aliphatic carbocycles. The Kier molecular flexibility index (Phi) is 4.55. The summed E-state index contributed by atoms with van der Waals surface area (Å²) in [7, 11) is -4.28. The number of halogens is 1. The molecule has 0 amide bonds. The summed E-state index contributed by atoms with van der Waals surface area (Å²) in [5.74, 6) is -0.438. The molecule has 0 aromatic heterocycles. The van der Waals surface area contributed by atoms with E-state index in [1.807, 2.05) is 0 Å². The smallest absolute Gasteiger partial charge is 0.302 e. The van der Waals surface area contributed by atoms with Crippen LogP contribution in [0, 0.1) is 0 Å². The van der Waals surface area contributed by atoms with Crippen molar-refractivity contribution in [3.05, 3.63) is 0 Å². The predicted molar refractivity (Wildman–Crippen MR) is 36.0 cm³/mol. The molecule has 0 heterocycles. The maximum absolute atomic E-state index is 11.7. The van der Waals surface area contributed by atoms with E-state index in [4.69, 9.17) is 4.74 Å². The van der Waals surface area contributed by atoms with Crippen molar-refractivity contribution in [3.63, 3.8) is 0 Å². The first kappa shape index (κ1) is 9.84. The van der Waals surface area contributed by atoms with E-state index in [1.165, 1.54) is 0 Å². The number of hydrogen-bond acceptors (Lipinski definition) is 3. The molecule has 62 valence electrons. The van der Waals surface area contributed by atoms with Crippen LogP contribution in [-0.2, 0) is 15.0 Å². The molecule has 0 fully saturated rings. The topological polar surface area (TPSA) is 43.4 Å². The highest BCUT2D eigenvalue weighted by Gasteiger charge is 2.04. The van der Waals surface area contributed by atoms with Crippen LogP contribution < -0.4 is 0 Å². The Morgan fingerprint density at radius 3 is 2.50 bits per heavy atom. The van der Waals surface area contributed by atoms with E-state index in [0.717, 1.165) is 0 Å². The molecule has 0 atom stereocenters. The molecule has 0 saturated heterocycles. The quantitative estimate of drug-likeness (QED) is 0.451. The summed E-state index contributed by atoms with van der Waals surface area (Å²) in [6.45, 7) is 2.63. The van der Waals surface area contributed by atoms with E-state index in [2.05, 4.69) is 0 Å². The fraction of sp³-hybridized carbons (Fsp3) is 1.00. The standard InChI is InChI=1S/C5H11FO3S/c1-2-9-4-3-5-10(6,7)8/h2-5H2,1H3. The average Bonchev–Trinajstić information content (AvgIpc) is 1.78. The summed E-state index contributed by atoms with van der Waals surface area (Å²) in [6.07, 6.45) is 0.229. The van der Waals surface area contributed by atoms with Crippen molar-refractivity contribution >= 4 is 10.2 Å². The molecular formula is C5H11FO3S. The summed E-state index contributed by atoms with van der Waals surface area (Å²) >= 11 is 0. The number of ether oxygens (including phenoxy) is 1. The van der Waals surface area contributed by atoms with Gasteiger partial charge in [-0.25, -0.2) is 0 Å². The molecule has 0 N–H and O–H groups in total. The maximum Gasteiger partial charge on any atom is 0.302 e. The lowest BCUT2D eigenvalue weighted by Crippen LogP contribution is -2.03. The van der Waals surface area contributed by atoms with Crippen LogP contribution >= 0.6 is 0 Å². The highest BCUT2D eigenvalue weighted by Crippen LogP contribution is 1.94. The van der Waals surface area contributed by atoms with Crippen molar-refractivity contribution in [1.82, 2.24) is 0 Å². The maximum atomic E-state index is 11.7. The van der Waals surface area contributed by atoms with Gasteiger partial charge in [-0.3, -0.25) is 0 Å². The second kappa shape index (κ2) is 4.62. The first-order valence-corrected chi connectivity index (χ1v) is 4.61. The largest absolute Gasteiger partial charge is 0.382 e. The summed E-state index contributed by atoms with van der Waals surface area (Å²) in [5, 5.41) is 0. The van der Waals surface area contributed by atoms with E-state index in [9.17, 15) is 12.3 Å². The van der Waals surface area contributed by atoms with Gasteiger partial charge in [-0.05, 0) is 13.3 Å². The van der Waals surface area contributed by atoms with Gasteiger partial charge in [-0.15, -0.1) is 3.89 Å². The van der Waals surface area contributed by atoms with E-state index in [0.29, 0.717) is 13.2 Å². The first-order chi connectivity index (χ1) is 4.56. The van der Waals surface area contributed by atoms with Gasteiger partial charge in [0.05, 0.1) is 5.75 Å². The Hall–Kier alpha value is -0.160. The molecule has 0 bridgehead atoms. The third kappa shape index (κ3) is 7.84. The summed E-state index contributed by atoms with van der Waals surface area (Å²) < 4.78 is 36.3. The fourth-order valence-electron chi connectivity index (χ4n) is 0.478. The van der Waals surface area contributed by atoms with Crippen LogP contribution in [0.5, 0.6) is 0 Å². The first-order valence-electron chi connectivity index (χ1n) is 3.06. The second-order valence-corrected chi connectivity index (χ2v) is 3.28. The second-order valence-electron chi connectivity index (χ2n) is 1.79. The van der Waals surface area contributed by atoms with E-state index in [-0.39, 0.29) is 6.42 Å². The lowest BCUT2D eigenvalue weighted by Gasteiger charge is -1.96. The van der Waals surface area contributed by atoms with Crippen LogP contribution in [0.4, 0.5) is 3.89 Å². The molecule has 10 heavy (non-hydrogen) atoms. The molecule has 0 aromatic rings. The van der Waals surface area contributed by atoms with Gasteiger partial charge >= 0.3 is 10.2 Å². The third-order valence-electron chi connectivity index (χ3n) is 0.881. The minimum Gasteiger partial charge on any atom is -0.382 e. The van der Waals surface area contributed by atoms with Gasteiger partial charge in [0, 0.05) is 13.2 Å². The van der Waals surface area contributed by atoms with Gasteiger partial charge in [-0.1, -0.05) is 0 Å². The fourth-order valence-corrected chi connectivity index (χ4v) is 0.940. The molecule has 5 heteroatoms. The molecule has 0 unspecified atom stereocenters. The lowest BCUT2D eigenvalue weighted by molar-refractivity contribution is 0.148. The van der Waals surface area contributed by atoms with Crippen molar-refractivity contribution in [1.29, 1.82) is 0 Å². The monoisotopic (exact) mass is 170 g/mol. The molecule has 0 aliphatic heterocycles. The van der Waals surface area contributed by atoms with Crippen LogP contribution in [-0.4, -0.2) is 27.4 Å². The molecule has 0 aliphatic rings. The van der Waals surface area contributed by atoms with Gasteiger partial charge in [0.1, 0.15) is 0 Å². The zero-order valence-corrected chi connectivity index (χ0v) is 6.66. The molecule has 0 spiro atoms. The lowest BCUT2D eigenvalue weighted by atomic mass is 10.5. The summed E-state index contributed by atoms with van der Waals surface area (Å²) in [6, 6.07) is 0. The van der Waals surface area contributed by atoms with Crippen molar-refractivity contribution in [2.75, 3.05) is 19.0 Å². The average molecular weight is 170 g/mol. The van der Waals surface area contributed by atoms with Crippen LogP contribution in [0.15, 0.2) is 0 Å². The minimum absolute atomic E-state index is 0.229. The van der Waals surface area contributed by atoms with E-state index in [1.54, 1.807) is 6.92 Å². The molecule has 0 radical (unpaired) electrons. The highest BCUT2D eigenvalue weighted by atomic mass is 32.3. The normalized spacial score (nSPS) is 11.8. The van der Waals surface area contributed by atoms with Crippen LogP contribution in [0.1, 0.15) is 13.3 Å². The Labute approximate surface area is 60.4 Å². The van der Waals surface area contributed by atoms with Crippen molar-refractivity contribution in [2.45, 2.75) is 13.3 Å². The van der Waals surface area contributed by atoms with Gasteiger partial charge in [0.2, 0.25) is 0 Å². The minimum atomic E-state index is -4.28. The van der Waals surface area contributed by atoms with Gasteiger partial charge in [0.15, 0.2) is 0 Å². The van der Waals surface area contributed by atoms with Gasteiger partial charge in [-0.2, -0.15) is 8.42 Å². The third-order valence-corrected chi connectivity index (χ3v) is 1.66. The zero-order valence-electron chi connectivity index (χ0n) is 5.84. The molecular weight excluding hydrogens is 159 g/mol. The van der Waals surface area contributed by atoms with Crippen molar-refractivity contribution in [2.24, 2.45) is 0 Å². The van der Waals surface area contributed by atoms with Crippen molar-refractivity contribution < 1.29 is 17.0 Å². The molecule has 0 saturated carbocycles. The molecule has 0 rings (SSSR count). The molecule has 0 aromatic carbocycles. The Balaban J connectivity index is 3.21. The van der Waals surface area contributed by atoms with Gasteiger partial charge in [0.25, 0.3) is 0 Å². The number of rotatable bonds is 5. The highest BCUT2D eigenvalue weighted by molar-refractivity contribution is 7.86. The Morgan fingerprint density at radius 2 is 2.10 bits per heavy atom. The Bertz CT molecular complexity index is 164. The Morgan fingerprint density at radius 1 is 1.50 bits per heavy atom. The number of hydrogen-bond donors (Lipinski definition) is 0. The summed E-state index contributed by atoms with van der Waals surface area (Å²) in [4.78, 5) is 0. The zero-order chi connectivity index (χ0) is 8.04. The van der Waals surface area contributed by atoms with E-state index < -0.39 is 16.0 Å². The van der Waals surface area contributed by atoms with Crippen molar-refractivity contribution in [3.8, 4) is 0 Å². The van der Waals surface area contributed by atoms with Crippen LogP contribution in [0.2, 0.25) is 0 Å². The van der Waals surface area contributed by atoms with Crippen LogP contribution in [0.25, 0.3) is 0 Å². The predicted octanol–water partition coefficient (Wildman–Crippen LogP) is 0.712. The van der Waals surface area contributed by atoms with Gasteiger partial charge < -0.3 is 4.74 Å². The summed E-state index contributed by atoms with van der Waals surface area (Å²) in [5.41, 5.74) is 0.